The van der Waals surface area contributed by atoms with Crippen LogP contribution in [0.3, 0.4) is 0 Å². The van der Waals surface area contributed by atoms with Gasteiger partial charge in [0.25, 0.3) is 0 Å². The van der Waals surface area contributed by atoms with Crippen molar-refractivity contribution >= 4 is 17.5 Å². The second-order valence-corrected chi connectivity index (χ2v) is 8.29. The number of aryl methyl sites for hydroxylation is 1. The van der Waals surface area contributed by atoms with E-state index in [0.29, 0.717) is 19.7 Å². The van der Waals surface area contributed by atoms with E-state index in [-0.39, 0.29) is 36.0 Å². The first-order chi connectivity index (χ1) is 15.5. The van der Waals surface area contributed by atoms with Gasteiger partial charge >= 0.3 is 5.97 Å². The van der Waals surface area contributed by atoms with Gasteiger partial charge in [-0.1, -0.05) is 18.2 Å². The van der Waals surface area contributed by atoms with E-state index < -0.39 is 0 Å². The lowest BCUT2D eigenvalue weighted by atomic mass is 9.91. The van der Waals surface area contributed by atoms with Gasteiger partial charge in [0.1, 0.15) is 11.5 Å². The van der Waals surface area contributed by atoms with Crippen LogP contribution in [0.1, 0.15) is 49.1 Å². The normalized spacial score (nSPS) is 17.3. The molecule has 1 aliphatic heterocycles. The highest BCUT2D eigenvalue weighted by molar-refractivity contribution is 5.79. The average Bonchev–Trinajstić information content (AvgIpc) is 3.23. The number of imidazole rings is 1. The molecule has 4 rings (SSSR count). The Bertz CT molecular complexity index is 1130. The first-order valence-corrected chi connectivity index (χ1v) is 11.1. The summed E-state index contributed by atoms with van der Waals surface area (Å²) in [5.74, 6) is -1.30. The van der Waals surface area contributed by atoms with Crippen molar-refractivity contribution < 1.29 is 18.7 Å². The quantitative estimate of drug-likeness (QED) is 0.545. The third-order valence-electron chi connectivity index (χ3n) is 6.13. The molecule has 0 N–H and O–H groups in total. The number of piperidine rings is 1. The minimum absolute atomic E-state index is 0.0585. The molecule has 1 saturated heterocycles. The molecule has 2 atom stereocenters. The van der Waals surface area contributed by atoms with Crippen molar-refractivity contribution in [2.24, 2.45) is 5.92 Å². The number of amides is 1. The molecule has 6 nitrogen and oxygen atoms in total. The average molecular weight is 438 g/mol. The summed E-state index contributed by atoms with van der Waals surface area (Å²) in [6.45, 7) is 5.07. The highest BCUT2D eigenvalue weighted by Crippen LogP contribution is 2.31. The molecule has 7 heteroatoms. The third-order valence-corrected chi connectivity index (χ3v) is 6.13. The van der Waals surface area contributed by atoms with Gasteiger partial charge in [0.2, 0.25) is 5.91 Å². The van der Waals surface area contributed by atoms with Crippen molar-refractivity contribution in [2.45, 2.75) is 39.0 Å². The number of ether oxygens (including phenoxy) is 1. The van der Waals surface area contributed by atoms with Gasteiger partial charge in [-0.3, -0.25) is 9.59 Å². The second kappa shape index (κ2) is 9.51. The smallest absolute Gasteiger partial charge is 0.310 e. The van der Waals surface area contributed by atoms with Crippen LogP contribution in [0.5, 0.6) is 0 Å². The fraction of sp³-hybridized carbons (Fsp3) is 0.400. The molecule has 0 aliphatic carbocycles. The number of aromatic nitrogens is 2. The molecule has 2 unspecified atom stereocenters. The van der Waals surface area contributed by atoms with Crippen molar-refractivity contribution in [2.75, 3.05) is 19.7 Å². The van der Waals surface area contributed by atoms with Crippen LogP contribution in [0.15, 0.2) is 48.7 Å². The number of fused-ring (bicyclic) bond motifs is 1. The van der Waals surface area contributed by atoms with Crippen molar-refractivity contribution in [1.82, 2.24) is 14.3 Å². The number of carbonyl (C=O) groups excluding carboxylic acids is 2. The number of hydrogen-bond acceptors (Lipinski definition) is 4. The van der Waals surface area contributed by atoms with E-state index in [4.69, 9.17) is 4.74 Å². The summed E-state index contributed by atoms with van der Waals surface area (Å²) in [5.41, 5.74) is 3.34. The van der Waals surface area contributed by atoms with Crippen molar-refractivity contribution in [3.8, 4) is 0 Å². The van der Waals surface area contributed by atoms with Crippen LogP contribution < -0.4 is 0 Å². The molecule has 0 bridgehead atoms. The van der Waals surface area contributed by atoms with Crippen LogP contribution in [0, 0.1) is 18.7 Å². The summed E-state index contributed by atoms with van der Waals surface area (Å²) < 4.78 is 21.3. The SMILES string of the molecule is CCOC(=O)C1CCCN(C(=O)CC(c2cccc(F)c2)c2cnc3cccc(C)n23)C1. The molecule has 0 spiro atoms. The number of halogens is 1. The van der Waals surface area contributed by atoms with E-state index in [9.17, 15) is 14.0 Å². The van der Waals surface area contributed by atoms with E-state index >= 15 is 0 Å². The number of likely N-dealkylation sites (tertiary alicyclic amines) is 1. The predicted molar refractivity (Wildman–Crippen MR) is 119 cm³/mol. The largest absolute Gasteiger partial charge is 0.466 e. The molecule has 168 valence electrons. The molecule has 1 amide bonds. The van der Waals surface area contributed by atoms with Gasteiger partial charge in [-0.25, -0.2) is 9.37 Å². The van der Waals surface area contributed by atoms with Gasteiger partial charge < -0.3 is 14.0 Å². The first kappa shape index (κ1) is 22.0. The Balaban J connectivity index is 1.64. The van der Waals surface area contributed by atoms with Gasteiger partial charge in [0.15, 0.2) is 0 Å². The highest BCUT2D eigenvalue weighted by atomic mass is 19.1. The Morgan fingerprint density at radius 1 is 1.25 bits per heavy atom. The summed E-state index contributed by atoms with van der Waals surface area (Å²) in [6, 6.07) is 12.2. The maximum absolute atomic E-state index is 14.1. The van der Waals surface area contributed by atoms with Gasteiger partial charge in [0, 0.05) is 37.3 Å². The third kappa shape index (κ3) is 4.52. The predicted octanol–water partition coefficient (Wildman–Crippen LogP) is 4.11. The number of hydrogen-bond donors (Lipinski definition) is 0. The molecule has 1 aromatic carbocycles. The number of esters is 1. The molecule has 0 radical (unpaired) electrons. The van der Waals surface area contributed by atoms with E-state index in [1.54, 1.807) is 24.1 Å². The van der Waals surface area contributed by atoms with Gasteiger partial charge in [-0.05, 0) is 56.5 Å². The molecule has 0 saturated carbocycles. The number of nitrogens with zero attached hydrogens (tertiary/aromatic N) is 3. The van der Waals surface area contributed by atoms with Gasteiger partial charge in [-0.2, -0.15) is 0 Å². The van der Waals surface area contributed by atoms with Crippen LogP contribution in [0.4, 0.5) is 4.39 Å². The lowest BCUT2D eigenvalue weighted by molar-refractivity contribution is -0.151. The Morgan fingerprint density at radius 2 is 2.06 bits per heavy atom. The van der Waals surface area contributed by atoms with Crippen LogP contribution >= 0.6 is 0 Å². The summed E-state index contributed by atoms with van der Waals surface area (Å²) in [5, 5.41) is 0. The lowest BCUT2D eigenvalue weighted by Crippen LogP contribution is -2.43. The minimum atomic E-state index is -0.364. The van der Waals surface area contributed by atoms with Gasteiger partial charge in [0.05, 0.1) is 18.2 Å². The standard InChI is InChI=1S/C25H28FN3O3/c1-3-32-25(31)19-9-6-12-28(16-19)24(30)14-21(18-8-5-10-20(26)13-18)22-15-27-23-11-4-7-17(2)29(22)23/h4-5,7-8,10-11,13,15,19,21H,3,6,9,12,14,16H2,1-2H3. The van der Waals surface area contributed by atoms with E-state index in [1.807, 2.05) is 35.6 Å². The zero-order valence-corrected chi connectivity index (χ0v) is 18.5. The summed E-state index contributed by atoms with van der Waals surface area (Å²) in [7, 11) is 0. The van der Waals surface area contributed by atoms with Crippen LogP contribution in [0.25, 0.3) is 5.65 Å². The zero-order valence-electron chi connectivity index (χ0n) is 18.5. The summed E-state index contributed by atoms with van der Waals surface area (Å²) in [4.78, 5) is 31.8. The van der Waals surface area contributed by atoms with E-state index in [1.165, 1.54) is 12.1 Å². The summed E-state index contributed by atoms with van der Waals surface area (Å²) in [6.07, 6.45) is 3.42. The lowest BCUT2D eigenvalue weighted by Gasteiger charge is -2.32. The van der Waals surface area contributed by atoms with Crippen LogP contribution in [-0.2, 0) is 14.3 Å². The van der Waals surface area contributed by atoms with Crippen LogP contribution in [0.2, 0.25) is 0 Å². The Kier molecular flexibility index (Phi) is 6.53. The number of benzene rings is 1. The molecule has 1 fully saturated rings. The molecule has 2 aromatic heterocycles. The molecule has 3 heterocycles. The Hall–Kier alpha value is -3.22. The molecule has 1 aliphatic rings. The molecule has 32 heavy (non-hydrogen) atoms. The molecule has 3 aromatic rings. The van der Waals surface area contributed by atoms with Gasteiger partial charge in [-0.15, -0.1) is 0 Å². The Morgan fingerprint density at radius 3 is 2.84 bits per heavy atom. The number of carbonyl (C=O) groups is 2. The number of pyridine rings is 1. The maximum atomic E-state index is 14.1. The van der Waals surface area contributed by atoms with E-state index in [0.717, 1.165) is 35.4 Å². The minimum Gasteiger partial charge on any atom is -0.466 e. The van der Waals surface area contributed by atoms with Crippen molar-refractivity contribution in [3.05, 3.63) is 71.4 Å². The van der Waals surface area contributed by atoms with Crippen molar-refractivity contribution in [1.29, 1.82) is 0 Å². The highest BCUT2D eigenvalue weighted by Gasteiger charge is 2.31. The maximum Gasteiger partial charge on any atom is 0.310 e. The fourth-order valence-electron chi connectivity index (χ4n) is 4.55. The first-order valence-electron chi connectivity index (χ1n) is 11.1. The topological polar surface area (TPSA) is 63.9 Å². The summed E-state index contributed by atoms with van der Waals surface area (Å²) >= 11 is 0. The second-order valence-electron chi connectivity index (χ2n) is 8.29. The monoisotopic (exact) mass is 437 g/mol. The zero-order chi connectivity index (χ0) is 22.7. The fourth-order valence-corrected chi connectivity index (χ4v) is 4.55. The van der Waals surface area contributed by atoms with Crippen LogP contribution in [-0.4, -0.2) is 45.9 Å². The molecular formula is C25H28FN3O3. The molecular weight excluding hydrogens is 409 g/mol. The Labute approximate surface area is 187 Å². The van der Waals surface area contributed by atoms with Crippen molar-refractivity contribution in [3.63, 3.8) is 0 Å². The van der Waals surface area contributed by atoms with E-state index in [2.05, 4.69) is 4.98 Å². The number of rotatable bonds is 6.